The van der Waals surface area contributed by atoms with Crippen molar-refractivity contribution in [2.45, 2.75) is 84.3 Å². The first-order chi connectivity index (χ1) is 9.70. The lowest BCUT2D eigenvalue weighted by molar-refractivity contribution is -0.0242. The highest BCUT2D eigenvalue weighted by Gasteiger charge is 2.32. The minimum absolute atomic E-state index is 0.461. The second-order valence-corrected chi connectivity index (χ2v) is 7.37. The maximum Gasteiger partial charge on any atom is 0.0730 e. The van der Waals surface area contributed by atoms with Crippen LogP contribution >= 0.6 is 0 Å². The van der Waals surface area contributed by atoms with E-state index in [1.807, 2.05) is 0 Å². The topological polar surface area (TPSA) is 21.3 Å². The van der Waals surface area contributed by atoms with Gasteiger partial charge in [-0.05, 0) is 56.4 Å². The molecule has 0 spiro atoms. The van der Waals surface area contributed by atoms with Gasteiger partial charge in [-0.2, -0.15) is 0 Å². The van der Waals surface area contributed by atoms with Gasteiger partial charge in [0.25, 0.3) is 0 Å². The van der Waals surface area contributed by atoms with Gasteiger partial charge in [0.15, 0.2) is 0 Å². The molecule has 2 aliphatic rings. The van der Waals surface area contributed by atoms with Crippen molar-refractivity contribution in [3.05, 3.63) is 0 Å². The fraction of sp³-hybridized carbons (Fsp3) is 1.00. The largest absolute Gasteiger partial charge is 0.377 e. The maximum absolute atomic E-state index is 6.32. The fourth-order valence-electron chi connectivity index (χ4n) is 3.68. The Kier molecular flexibility index (Phi) is 6.83. The molecule has 0 aromatic rings. The summed E-state index contributed by atoms with van der Waals surface area (Å²) in [5.41, 5.74) is 0. The second kappa shape index (κ2) is 8.38. The molecule has 20 heavy (non-hydrogen) atoms. The molecule has 0 radical (unpaired) electrons. The molecule has 2 fully saturated rings. The molecule has 0 aliphatic heterocycles. The number of rotatable bonds is 8. The Balaban J connectivity index is 1.76. The summed E-state index contributed by atoms with van der Waals surface area (Å²) < 4.78 is 6.32. The number of hydrogen-bond acceptors (Lipinski definition) is 2. The van der Waals surface area contributed by atoms with E-state index >= 15 is 0 Å². The van der Waals surface area contributed by atoms with E-state index in [4.69, 9.17) is 4.74 Å². The Labute approximate surface area is 126 Å². The van der Waals surface area contributed by atoms with Crippen LogP contribution in [0.25, 0.3) is 0 Å². The number of hydrogen-bond donors (Lipinski definition) is 1. The molecule has 1 N–H and O–H groups in total. The van der Waals surface area contributed by atoms with Crippen molar-refractivity contribution >= 4 is 0 Å². The maximum atomic E-state index is 6.32. The van der Waals surface area contributed by atoms with Gasteiger partial charge in [0.2, 0.25) is 0 Å². The van der Waals surface area contributed by atoms with E-state index in [2.05, 4.69) is 26.1 Å². The highest BCUT2D eigenvalue weighted by molar-refractivity contribution is 4.87. The minimum atomic E-state index is 0.461. The van der Waals surface area contributed by atoms with Crippen molar-refractivity contribution in [3.8, 4) is 0 Å². The smallest absolute Gasteiger partial charge is 0.0730 e. The Hall–Kier alpha value is -0.0800. The lowest BCUT2D eigenvalue weighted by atomic mass is 9.78. The SMILES string of the molecule is CCCNC1CCC(C(C)C)CC1OCCC1CCC1. The summed E-state index contributed by atoms with van der Waals surface area (Å²) in [5, 5.41) is 3.72. The molecular weight excluding hydrogens is 246 g/mol. The number of nitrogens with one attached hydrogen (secondary N) is 1. The van der Waals surface area contributed by atoms with Crippen molar-refractivity contribution in [2.24, 2.45) is 17.8 Å². The van der Waals surface area contributed by atoms with Crippen LogP contribution in [0.15, 0.2) is 0 Å². The van der Waals surface area contributed by atoms with Crippen molar-refractivity contribution in [2.75, 3.05) is 13.2 Å². The van der Waals surface area contributed by atoms with Crippen LogP contribution in [0.2, 0.25) is 0 Å². The Morgan fingerprint density at radius 3 is 2.55 bits per heavy atom. The molecule has 0 aromatic carbocycles. The third-order valence-corrected chi connectivity index (χ3v) is 5.51. The van der Waals surface area contributed by atoms with Gasteiger partial charge in [-0.3, -0.25) is 0 Å². The highest BCUT2D eigenvalue weighted by atomic mass is 16.5. The molecule has 0 heterocycles. The molecule has 0 amide bonds. The summed E-state index contributed by atoms with van der Waals surface area (Å²) in [6.07, 6.45) is 11.3. The van der Waals surface area contributed by atoms with E-state index in [0.717, 1.165) is 30.9 Å². The number of ether oxygens (including phenoxy) is 1. The lowest BCUT2D eigenvalue weighted by Crippen LogP contribution is -2.46. The van der Waals surface area contributed by atoms with Gasteiger partial charge in [-0.15, -0.1) is 0 Å². The van der Waals surface area contributed by atoms with Gasteiger partial charge in [-0.25, -0.2) is 0 Å². The van der Waals surface area contributed by atoms with E-state index in [1.54, 1.807) is 0 Å². The summed E-state index contributed by atoms with van der Waals surface area (Å²) >= 11 is 0. The quantitative estimate of drug-likeness (QED) is 0.712. The molecule has 2 saturated carbocycles. The van der Waals surface area contributed by atoms with Gasteiger partial charge in [0, 0.05) is 12.6 Å². The van der Waals surface area contributed by atoms with Crippen LogP contribution in [0.1, 0.15) is 72.1 Å². The van der Waals surface area contributed by atoms with Crippen molar-refractivity contribution in [1.82, 2.24) is 5.32 Å². The van der Waals surface area contributed by atoms with Crippen LogP contribution in [0.3, 0.4) is 0 Å². The lowest BCUT2D eigenvalue weighted by Gasteiger charge is -2.38. The molecule has 2 rings (SSSR count). The van der Waals surface area contributed by atoms with E-state index in [1.165, 1.54) is 51.4 Å². The summed E-state index contributed by atoms with van der Waals surface area (Å²) in [5.74, 6) is 2.64. The van der Waals surface area contributed by atoms with E-state index in [-0.39, 0.29) is 0 Å². The third kappa shape index (κ3) is 4.73. The first kappa shape index (κ1) is 16.3. The van der Waals surface area contributed by atoms with Crippen LogP contribution in [0, 0.1) is 17.8 Å². The van der Waals surface area contributed by atoms with Crippen LogP contribution in [-0.4, -0.2) is 25.3 Å². The minimum Gasteiger partial charge on any atom is -0.377 e. The molecule has 0 bridgehead atoms. The van der Waals surface area contributed by atoms with Crippen LogP contribution in [-0.2, 0) is 4.74 Å². The normalized spacial score (nSPS) is 31.5. The predicted octanol–water partition coefficient (Wildman–Crippen LogP) is 4.39. The molecule has 2 aliphatic carbocycles. The van der Waals surface area contributed by atoms with Gasteiger partial charge < -0.3 is 10.1 Å². The Morgan fingerprint density at radius 2 is 1.95 bits per heavy atom. The highest BCUT2D eigenvalue weighted by Crippen LogP contribution is 2.33. The molecular formula is C18H35NO. The summed E-state index contributed by atoms with van der Waals surface area (Å²) in [6, 6.07) is 0.603. The standard InChI is InChI=1S/C18H35NO/c1-4-11-19-17-9-8-16(14(2)3)13-18(17)20-12-10-15-6-5-7-15/h14-19H,4-13H2,1-3H3. The predicted molar refractivity (Wildman–Crippen MR) is 86.0 cm³/mol. The second-order valence-electron chi connectivity index (χ2n) is 7.37. The average Bonchev–Trinajstić information content (AvgIpc) is 2.39. The van der Waals surface area contributed by atoms with E-state index in [0.29, 0.717) is 12.1 Å². The summed E-state index contributed by atoms with van der Waals surface area (Å²) in [7, 11) is 0. The van der Waals surface area contributed by atoms with Crippen LogP contribution in [0.5, 0.6) is 0 Å². The molecule has 2 heteroatoms. The zero-order chi connectivity index (χ0) is 14.4. The van der Waals surface area contributed by atoms with Crippen molar-refractivity contribution in [3.63, 3.8) is 0 Å². The van der Waals surface area contributed by atoms with Crippen molar-refractivity contribution < 1.29 is 4.74 Å². The van der Waals surface area contributed by atoms with Crippen LogP contribution in [0.4, 0.5) is 0 Å². The van der Waals surface area contributed by atoms with E-state index in [9.17, 15) is 0 Å². The van der Waals surface area contributed by atoms with Gasteiger partial charge >= 0.3 is 0 Å². The fourth-order valence-corrected chi connectivity index (χ4v) is 3.68. The molecule has 0 aromatic heterocycles. The van der Waals surface area contributed by atoms with Crippen molar-refractivity contribution in [1.29, 1.82) is 0 Å². The molecule has 3 unspecified atom stereocenters. The molecule has 3 atom stereocenters. The zero-order valence-electron chi connectivity index (χ0n) is 13.9. The Bertz CT molecular complexity index is 262. The van der Waals surface area contributed by atoms with Gasteiger partial charge in [0.05, 0.1) is 6.10 Å². The van der Waals surface area contributed by atoms with Crippen LogP contribution < -0.4 is 5.32 Å². The summed E-state index contributed by atoms with van der Waals surface area (Å²) in [4.78, 5) is 0. The first-order valence-electron chi connectivity index (χ1n) is 9.05. The van der Waals surface area contributed by atoms with Gasteiger partial charge in [-0.1, -0.05) is 40.0 Å². The Morgan fingerprint density at radius 1 is 1.15 bits per heavy atom. The monoisotopic (exact) mass is 281 g/mol. The molecule has 2 nitrogen and oxygen atoms in total. The van der Waals surface area contributed by atoms with Gasteiger partial charge in [0.1, 0.15) is 0 Å². The third-order valence-electron chi connectivity index (χ3n) is 5.51. The summed E-state index contributed by atoms with van der Waals surface area (Å²) in [6.45, 7) is 9.12. The van der Waals surface area contributed by atoms with E-state index < -0.39 is 0 Å². The molecule has 118 valence electrons. The average molecular weight is 281 g/mol. The molecule has 0 saturated heterocycles. The zero-order valence-corrected chi connectivity index (χ0v) is 13.9. The first-order valence-corrected chi connectivity index (χ1v) is 9.05.